The summed E-state index contributed by atoms with van der Waals surface area (Å²) >= 11 is 1.24. The highest BCUT2D eigenvalue weighted by atomic mass is 32.1. The van der Waals surface area contributed by atoms with Gasteiger partial charge in [-0.3, -0.25) is 0 Å². The molecule has 0 bridgehead atoms. The van der Waals surface area contributed by atoms with Gasteiger partial charge >= 0.3 is 5.97 Å². The van der Waals surface area contributed by atoms with Gasteiger partial charge in [-0.25, -0.2) is 13.9 Å². The highest BCUT2D eigenvalue weighted by Crippen LogP contribution is 2.15. The first-order valence-corrected chi connectivity index (χ1v) is 7.19. The van der Waals surface area contributed by atoms with Crippen LogP contribution >= 0.6 is 11.3 Å². The molecule has 2 aromatic rings. The van der Waals surface area contributed by atoms with E-state index in [9.17, 15) is 9.18 Å². The molecule has 21 heavy (non-hydrogen) atoms. The molecule has 0 unspecified atom stereocenters. The molecular formula is C11H15FN6O2S. The van der Waals surface area contributed by atoms with Crippen LogP contribution in [0.4, 0.5) is 9.52 Å². The van der Waals surface area contributed by atoms with E-state index in [1.54, 1.807) is 6.92 Å². The normalized spacial score (nSPS) is 12.3. The van der Waals surface area contributed by atoms with Crippen molar-refractivity contribution >= 4 is 22.4 Å². The number of rotatable bonds is 7. The van der Waals surface area contributed by atoms with E-state index in [-0.39, 0.29) is 25.3 Å². The molecule has 1 atom stereocenters. The van der Waals surface area contributed by atoms with Crippen LogP contribution in [-0.2, 0) is 17.7 Å². The van der Waals surface area contributed by atoms with Gasteiger partial charge in [0.15, 0.2) is 5.69 Å². The van der Waals surface area contributed by atoms with Crippen LogP contribution in [0, 0.1) is 0 Å². The zero-order chi connectivity index (χ0) is 15.2. The summed E-state index contributed by atoms with van der Waals surface area (Å²) in [6.45, 7) is 1.96. The summed E-state index contributed by atoms with van der Waals surface area (Å²) in [5.74, 6) is -0.566. The number of ether oxygens (including phenoxy) is 1. The second kappa shape index (κ2) is 7.07. The molecule has 0 aliphatic rings. The highest BCUT2D eigenvalue weighted by Gasteiger charge is 2.15. The first kappa shape index (κ1) is 15.3. The minimum Gasteiger partial charge on any atom is -0.461 e. The monoisotopic (exact) mass is 314 g/mol. The van der Waals surface area contributed by atoms with Crippen molar-refractivity contribution in [3.8, 4) is 0 Å². The highest BCUT2D eigenvalue weighted by molar-refractivity contribution is 7.15. The average molecular weight is 314 g/mol. The Morgan fingerprint density at radius 2 is 2.33 bits per heavy atom. The molecule has 10 heteroatoms. The summed E-state index contributed by atoms with van der Waals surface area (Å²) in [7, 11) is 0. The van der Waals surface area contributed by atoms with E-state index in [1.807, 2.05) is 0 Å². The van der Waals surface area contributed by atoms with Crippen LogP contribution in [0.25, 0.3) is 0 Å². The van der Waals surface area contributed by atoms with Crippen LogP contribution in [-0.4, -0.2) is 43.9 Å². The number of nitrogen functional groups attached to an aromatic ring is 1. The van der Waals surface area contributed by atoms with E-state index in [1.165, 1.54) is 22.2 Å². The topological polar surface area (TPSA) is 109 Å². The molecular weight excluding hydrogens is 299 g/mol. The van der Waals surface area contributed by atoms with Gasteiger partial charge in [-0.15, -0.1) is 15.3 Å². The Kier molecular flexibility index (Phi) is 5.14. The number of hydrogen-bond donors (Lipinski definition) is 1. The number of halogens is 1. The summed E-state index contributed by atoms with van der Waals surface area (Å²) in [5, 5.41) is 15.9. The fourth-order valence-corrected chi connectivity index (χ4v) is 2.25. The predicted molar refractivity (Wildman–Crippen MR) is 73.5 cm³/mol. The van der Waals surface area contributed by atoms with Gasteiger partial charge in [-0.05, 0) is 13.3 Å². The molecule has 0 spiro atoms. The summed E-state index contributed by atoms with van der Waals surface area (Å²) in [6.07, 6.45) is 0.957. The summed E-state index contributed by atoms with van der Waals surface area (Å²) in [5.41, 5.74) is 5.52. The van der Waals surface area contributed by atoms with Crippen molar-refractivity contribution in [2.75, 3.05) is 12.3 Å². The molecule has 2 heterocycles. The minimum absolute atomic E-state index is 0.0146. The number of nitrogens with two attached hydrogens (primary N) is 1. The van der Waals surface area contributed by atoms with E-state index in [2.05, 4.69) is 20.5 Å². The molecule has 0 amide bonds. The molecule has 0 fully saturated rings. The van der Waals surface area contributed by atoms with Crippen LogP contribution in [0.2, 0.25) is 0 Å². The second-order valence-corrected chi connectivity index (χ2v) is 5.31. The van der Waals surface area contributed by atoms with E-state index >= 15 is 0 Å². The maximum Gasteiger partial charge on any atom is 0.360 e. The minimum atomic E-state index is -1.13. The van der Waals surface area contributed by atoms with Crippen LogP contribution in [0.1, 0.15) is 28.8 Å². The summed E-state index contributed by atoms with van der Waals surface area (Å²) in [4.78, 5) is 11.4. The summed E-state index contributed by atoms with van der Waals surface area (Å²) < 4.78 is 19.9. The Hall–Kier alpha value is -2.10. The first-order valence-electron chi connectivity index (χ1n) is 6.37. The lowest BCUT2D eigenvalue weighted by atomic mass is 10.2. The second-order valence-electron chi connectivity index (χ2n) is 4.22. The maximum absolute atomic E-state index is 13.9. The third kappa shape index (κ3) is 4.45. The summed E-state index contributed by atoms with van der Waals surface area (Å²) in [6, 6.07) is 0. The third-order valence-corrected chi connectivity index (χ3v) is 3.37. The number of aromatic nitrogens is 5. The molecule has 0 aliphatic carbocycles. The number of carbonyl (C=O) groups is 1. The van der Waals surface area contributed by atoms with E-state index < -0.39 is 12.1 Å². The van der Waals surface area contributed by atoms with Gasteiger partial charge in [0.25, 0.3) is 0 Å². The Labute approximate surface area is 124 Å². The molecule has 0 aromatic carbocycles. The number of carbonyl (C=O) groups excluding carboxylic acids is 1. The quantitative estimate of drug-likeness (QED) is 0.755. The van der Waals surface area contributed by atoms with Gasteiger partial charge in [0, 0.05) is 6.42 Å². The molecule has 114 valence electrons. The zero-order valence-corrected chi connectivity index (χ0v) is 12.2. The largest absolute Gasteiger partial charge is 0.461 e. The van der Waals surface area contributed by atoms with Crippen LogP contribution in [0.5, 0.6) is 0 Å². The molecule has 2 aromatic heterocycles. The number of esters is 1. The van der Waals surface area contributed by atoms with Gasteiger partial charge in [0.05, 0.1) is 19.3 Å². The Morgan fingerprint density at radius 1 is 1.52 bits per heavy atom. The van der Waals surface area contributed by atoms with Gasteiger partial charge in [-0.2, -0.15) is 0 Å². The van der Waals surface area contributed by atoms with Gasteiger partial charge in [0.1, 0.15) is 11.2 Å². The zero-order valence-electron chi connectivity index (χ0n) is 11.4. The van der Waals surface area contributed by atoms with Crippen LogP contribution in [0.15, 0.2) is 6.20 Å². The first-order chi connectivity index (χ1) is 10.1. The Morgan fingerprint density at radius 3 is 3.00 bits per heavy atom. The fraction of sp³-hybridized carbons (Fsp3) is 0.545. The molecule has 8 nitrogen and oxygen atoms in total. The predicted octanol–water partition coefficient (Wildman–Crippen LogP) is 0.859. The molecule has 0 saturated carbocycles. The average Bonchev–Trinajstić information content (AvgIpc) is 3.06. The van der Waals surface area contributed by atoms with Crippen molar-refractivity contribution < 1.29 is 13.9 Å². The van der Waals surface area contributed by atoms with Crippen molar-refractivity contribution in [3.05, 3.63) is 16.9 Å². The van der Waals surface area contributed by atoms with E-state index in [0.717, 1.165) is 0 Å². The molecule has 0 radical (unpaired) electrons. The van der Waals surface area contributed by atoms with Crippen molar-refractivity contribution in [1.82, 2.24) is 25.2 Å². The van der Waals surface area contributed by atoms with Crippen molar-refractivity contribution in [3.63, 3.8) is 0 Å². The van der Waals surface area contributed by atoms with Gasteiger partial charge < -0.3 is 10.5 Å². The van der Waals surface area contributed by atoms with Crippen molar-refractivity contribution in [2.45, 2.75) is 32.5 Å². The van der Waals surface area contributed by atoms with E-state index in [4.69, 9.17) is 10.5 Å². The molecule has 0 saturated heterocycles. The third-order valence-electron chi connectivity index (χ3n) is 2.56. The maximum atomic E-state index is 13.9. The number of anilines is 1. The van der Waals surface area contributed by atoms with Gasteiger partial charge in [0.2, 0.25) is 5.13 Å². The number of hydrogen-bond acceptors (Lipinski definition) is 8. The van der Waals surface area contributed by atoms with Crippen LogP contribution in [0.3, 0.4) is 0 Å². The van der Waals surface area contributed by atoms with Crippen molar-refractivity contribution in [1.29, 1.82) is 0 Å². The number of aryl methyl sites for hydroxylation is 1. The Balaban J connectivity index is 1.82. The SMILES string of the molecule is CCOC(=O)c1cn(C[C@H](F)CCc2nnc(N)s2)nn1. The van der Waals surface area contributed by atoms with Crippen molar-refractivity contribution in [2.24, 2.45) is 0 Å². The molecule has 2 N–H and O–H groups in total. The van der Waals surface area contributed by atoms with Gasteiger partial charge in [-0.1, -0.05) is 16.6 Å². The lowest BCUT2D eigenvalue weighted by Gasteiger charge is -2.05. The standard InChI is InChI=1S/C11H15FN6O2S/c1-2-20-10(19)8-6-18(17-14-8)5-7(12)3-4-9-15-16-11(13)21-9/h6-7H,2-5H2,1H3,(H2,13,16)/t7-/m1/s1. The molecule has 0 aliphatic heterocycles. The fourth-order valence-electron chi connectivity index (χ4n) is 1.63. The lowest BCUT2D eigenvalue weighted by molar-refractivity contribution is 0.0519. The van der Waals surface area contributed by atoms with Crippen LogP contribution < -0.4 is 5.73 Å². The number of alkyl halides is 1. The van der Waals surface area contributed by atoms with E-state index in [0.29, 0.717) is 16.6 Å². The Bertz CT molecular complexity index is 601. The number of nitrogens with zero attached hydrogens (tertiary/aromatic N) is 5. The smallest absolute Gasteiger partial charge is 0.360 e. The molecule has 2 rings (SSSR count). The lowest BCUT2D eigenvalue weighted by Crippen LogP contribution is -2.13.